The molecule has 6 heteroatoms. The third kappa shape index (κ3) is 4.82. The van der Waals surface area contributed by atoms with Gasteiger partial charge in [0.25, 0.3) is 0 Å². The van der Waals surface area contributed by atoms with Crippen LogP contribution in [-0.2, 0) is 17.8 Å². The Labute approximate surface area is 136 Å². The summed E-state index contributed by atoms with van der Waals surface area (Å²) >= 11 is 5.05. The molecule has 0 aliphatic carbocycles. The zero-order valence-electron chi connectivity index (χ0n) is 12.0. The Morgan fingerprint density at radius 3 is 2.90 bits per heavy atom. The van der Waals surface area contributed by atoms with Gasteiger partial charge in [-0.15, -0.1) is 11.3 Å². The van der Waals surface area contributed by atoms with Gasteiger partial charge >= 0.3 is 0 Å². The van der Waals surface area contributed by atoms with E-state index in [1.54, 1.807) is 24.6 Å². The molecule has 2 rings (SSSR count). The highest BCUT2D eigenvalue weighted by atomic mass is 79.9. The van der Waals surface area contributed by atoms with Crippen LogP contribution < -0.4 is 10.1 Å². The molecular formula is C15H17BrN2O2S. The van der Waals surface area contributed by atoms with Crippen LogP contribution in [0.15, 0.2) is 28.9 Å². The maximum absolute atomic E-state index is 11.8. The van der Waals surface area contributed by atoms with Crippen molar-refractivity contribution < 1.29 is 9.53 Å². The molecule has 0 radical (unpaired) electrons. The van der Waals surface area contributed by atoms with Crippen LogP contribution in [-0.4, -0.2) is 18.0 Å². The topological polar surface area (TPSA) is 51.2 Å². The van der Waals surface area contributed by atoms with Gasteiger partial charge in [-0.25, -0.2) is 4.98 Å². The van der Waals surface area contributed by atoms with E-state index >= 15 is 0 Å². The molecule has 1 amide bonds. The van der Waals surface area contributed by atoms with E-state index in [4.69, 9.17) is 4.74 Å². The van der Waals surface area contributed by atoms with E-state index in [1.807, 2.05) is 25.1 Å². The van der Waals surface area contributed by atoms with Crippen LogP contribution in [0, 0.1) is 6.92 Å². The summed E-state index contributed by atoms with van der Waals surface area (Å²) in [7, 11) is 1.63. The second-order valence-corrected chi connectivity index (χ2v) is 6.76. The summed E-state index contributed by atoms with van der Waals surface area (Å²) in [6.45, 7) is 2.51. The maximum atomic E-state index is 11.8. The largest absolute Gasteiger partial charge is 0.496 e. The van der Waals surface area contributed by atoms with Gasteiger partial charge in [0.05, 0.1) is 23.1 Å². The summed E-state index contributed by atoms with van der Waals surface area (Å²) in [5.74, 6) is 0.844. The number of carbonyl (C=O) groups excluding carboxylic acids is 1. The third-order valence-electron chi connectivity index (χ3n) is 2.99. The van der Waals surface area contributed by atoms with Gasteiger partial charge in [0.1, 0.15) is 5.75 Å². The zero-order chi connectivity index (χ0) is 15.2. The molecule has 1 aromatic heterocycles. The van der Waals surface area contributed by atoms with E-state index < -0.39 is 0 Å². The summed E-state index contributed by atoms with van der Waals surface area (Å²) in [4.78, 5) is 17.1. The van der Waals surface area contributed by atoms with Crippen LogP contribution in [0.1, 0.15) is 21.9 Å². The first-order valence-corrected chi connectivity index (χ1v) is 8.20. The number of nitrogens with one attached hydrogen (secondary N) is 1. The first-order chi connectivity index (χ1) is 10.1. The SMILES string of the molecule is COc1ccc(CCC(=O)NCc2cnc(C)s2)cc1Br. The van der Waals surface area contributed by atoms with Gasteiger partial charge in [0.2, 0.25) is 5.91 Å². The molecule has 0 aliphatic heterocycles. The van der Waals surface area contributed by atoms with Crippen LogP contribution in [0.25, 0.3) is 0 Å². The predicted octanol–water partition coefficient (Wildman–Crippen LogP) is 3.47. The van der Waals surface area contributed by atoms with Gasteiger partial charge in [0, 0.05) is 17.5 Å². The number of nitrogens with zero attached hydrogens (tertiary/aromatic N) is 1. The van der Waals surface area contributed by atoms with Gasteiger partial charge in [-0.1, -0.05) is 6.07 Å². The number of ether oxygens (including phenoxy) is 1. The van der Waals surface area contributed by atoms with Crippen LogP contribution in [0.2, 0.25) is 0 Å². The lowest BCUT2D eigenvalue weighted by molar-refractivity contribution is -0.121. The van der Waals surface area contributed by atoms with Crippen molar-refractivity contribution in [2.45, 2.75) is 26.3 Å². The molecule has 0 bridgehead atoms. The summed E-state index contributed by atoms with van der Waals surface area (Å²) in [6, 6.07) is 5.86. The second kappa shape index (κ2) is 7.56. The van der Waals surface area contributed by atoms with Crippen molar-refractivity contribution >= 4 is 33.2 Å². The lowest BCUT2D eigenvalue weighted by Gasteiger charge is -2.07. The molecule has 0 unspecified atom stereocenters. The van der Waals surface area contributed by atoms with E-state index in [0.717, 1.165) is 25.7 Å². The molecule has 0 atom stereocenters. The van der Waals surface area contributed by atoms with Gasteiger partial charge in [-0.2, -0.15) is 0 Å². The summed E-state index contributed by atoms with van der Waals surface area (Å²) in [6.07, 6.45) is 2.98. The number of thiazole rings is 1. The van der Waals surface area contributed by atoms with E-state index in [9.17, 15) is 4.79 Å². The molecular weight excluding hydrogens is 352 g/mol. The number of aromatic nitrogens is 1. The number of halogens is 1. The number of carbonyl (C=O) groups is 1. The molecule has 0 fully saturated rings. The Bertz CT molecular complexity index is 628. The molecule has 1 N–H and O–H groups in total. The van der Waals surface area contributed by atoms with Gasteiger partial charge in [-0.3, -0.25) is 4.79 Å². The third-order valence-corrected chi connectivity index (χ3v) is 4.52. The van der Waals surface area contributed by atoms with Crippen LogP contribution in [0.3, 0.4) is 0 Å². The highest BCUT2D eigenvalue weighted by Gasteiger charge is 2.06. The highest BCUT2D eigenvalue weighted by molar-refractivity contribution is 9.10. The molecule has 1 heterocycles. The van der Waals surface area contributed by atoms with Crippen molar-refractivity contribution in [2.24, 2.45) is 0 Å². The molecule has 1 aromatic carbocycles. The minimum absolute atomic E-state index is 0.0491. The molecule has 0 saturated carbocycles. The second-order valence-electron chi connectivity index (χ2n) is 4.59. The Hall–Kier alpha value is -1.40. The smallest absolute Gasteiger partial charge is 0.220 e. The molecule has 4 nitrogen and oxygen atoms in total. The highest BCUT2D eigenvalue weighted by Crippen LogP contribution is 2.25. The van der Waals surface area contributed by atoms with E-state index in [1.165, 1.54) is 0 Å². The normalized spacial score (nSPS) is 10.4. The van der Waals surface area contributed by atoms with Gasteiger partial charge in [0.15, 0.2) is 0 Å². The Morgan fingerprint density at radius 2 is 2.29 bits per heavy atom. The fraction of sp³-hybridized carbons (Fsp3) is 0.333. The van der Waals surface area contributed by atoms with Gasteiger partial charge < -0.3 is 10.1 Å². The molecule has 0 spiro atoms. The zero-order valence-corrected chi connectivity index (χ0v) is 14.4. The number of methoxy groups -OCH3 is 1. The van der Waals surface area contributed by atoms with Crippen LogP contribution in [0.4, 0.5) is 0 Å². The first-order valence-electron chi connectivity index (χ1n) is 6.59. The average molecular weight is 369 g/mol. The van der Waals surface area contributed by atoms with E-state index in [-0.39, 0.29) is 5.91 Å². The molecule has 21 heavy (non-hydrogen) atoms. The van der Waals surface area contributed by atoms with Crippen molar-refractivity contribution in [3.05, 3.63) is 44.3 Å². The van der Waals surface area contributed by atoms with E-state index in [2.05, 4.69) is 26.2 Å². The number of hydrogen-bond donors (Lipinski definition) is 1. The minimum atomic E-state index is 0.0491. The fourth-order valence-electron chi connectivity index (χ4n) is 1.88. The first kappa shape index (κ1) is 16.0. The molecule has 0 saturated heterocycles. The summed E-state index contributed by atoms with van der Waals surface area (Å²) in [5.41, 5.74) is 1.10. The van der Waals surface area contributed by atoms with Crippen molar-refractivity contribution in [3.8, 4) is 5.75 Å². The molecule has 112 valence electrons. The number of benzene rings is 1. The Kier molecular flexibility index (Phi) is 5.76. The quantitative estimate of drug-likeness (QED) is 0.848. The van der Waals surface area contributed by atoms with Crippen molar-refractivity contribution in [1.29, 1.82) is 0 Å². The summed E-state index contributed by atoms with van der Waals surface area (Å²) in [5, 5.41) is 3.93. The monoisotopic (exact) mass is 368 g/mol. The van der Waals surface area contributed by atoms with Crippen molar-refractivity contribution in [3.63, 3.8) is 0 Å². The van der Waals surface area contributed by atoms with Crippen LogP contribution >= 0.6 is 27.3 Å². The van der Waals surface area contributed by atoms with Crippen LogP contribution in [0.5, 0.6) is 5.75 Å². The van der Waals surface area contributed by atoms with Crippen molar-refractivity contribution in [2.75, 3.05) is 7.11 Å². The van der Waals surface area contributed by atoms with E-state index in [0.29, 0.717) is 19.4 Å². The standard InChI is InChI=1S/C15H17BrN2O2S/c1-10-17-8-12(21-10)9-18-15(19)6-4-11-3-5-14(20-2)13(16)7-11/h3,5,7-8H,4,6,9H2,1-2H3,(H,18,19). The van der Waals surface area contributed by atoms with Gasteiger partial charge in [-0.05, 0) is 47.0 Å². The Morgan fingerprint density at radius 1 is 1.48 bits per heavy atom. The average Bonchev–Trinajstić information content (AvgIpc) is 2.89. The fourth-order valence-corrected chi connectivity index (χ4v) is 3.21. The lowest BCUT2D eigenvalue weighted by Crippen LogP contribution is -2.22. The summed E-state index contributed by atoms with van der Waals surface area (Å²) < 4.78 is 6.09. The maximum Gasteiger partial charge on any atom is 0.220 e. The predicted molar refractivity (Wildman–Crippen MR) is 87.7 cm³/mol. The molecule has 0 aliphatic rings. The number of hydrogen-bond acceptors (Lipinski definition) is 4. The minimum Gasteiger partial charge on any atom is -0.496 e. The lowest BCUT2D eigenvalue weighted by atomic mass is 10.1. The Balaban J connectivity index is 1.79. The van der Waals surface area contributed by atoms with Crippen molar-refractivity contribution in [1.82, 2.24) is 10.3 Å². The number of aryl methyl sites for hydroxylation is 2. The molecule has 2 aromatic rings. The number of amides is 1. The number of rotatable bonds is 6.